The Bertz CT molecular complexity index is 833. The number of pyridine rings is 1. The summed E-state index contributed by atoms with van der Waals surface area (Å²) < 4.78 is 1.47. The normalized spacial score (nSPS) is 10.9. The van der Waals surface area contributed by atoms with E-state index in [1.807, 2.05) is 13.8 Å². The van der Waals surface area contributed by atoms with Crippen LogP contribution in [0, 0.1) is 6.92 Å². The van der Waals surface area contributed by atoms with Crippen molar-refractivity contribution in [3.63, 3.8) is 0 Å². The number of primary amides is 1. The van der Waals surface area contributed by atoms with Crippen LogP contribution in [0.25, 0.3) is 0 Å². The van der Waals surface area contributed by atoms with Gasteiger partial charge in [-0.15, -0.1) is 0 Å². The van der Waals surface area contributed by atoms with Crippen molar-refractivity contribution >= 4 is 5.91 Å². The molecule has 2 rings (SSSR count). The number of aromatic amines is 1. The highest BCUT2D eigenvalue weighted by molar-refractivity contribution is 5.90. The fraction of sp³-hybridized carbons (Fsp3) is 0.333. The zero-order valence-corrected chi connectivity index (χ0v) is 12.7. The van der Waals surface area contributed by atoms with Gasteiger partial charge in [-0.25, -0.2) is 4.79 Å². The van der Waals surface area contributed by atoms with Crippen molar-refractivity contribution < 1.29 is 4.79 Å². The number of carbonyl (C=O) groups is 1. The summed E-state index contributed by atoms with van der Waals surface area (Å²) in [7, 11) is 0. The fourth-order valence-electron chi connectivity index (χ4n) is 2.45. The summed E-state index contributed by atoms with van der Waals surface area (Å²) in [6.07, 6.45) is 1.46. The average molecular weight is 302 g/mol. The molecule has 3 N–H and O–H groups in total. The first-order valence-electron chi connectivity index (χ1n) is 6.89. The summed E-state index contributed by atoms with van der Waals surface area (Å²) >= 11 is 0. The Balaban J connectivity index is 2.53. The molecule has 0 aliphatic carbocycles. The van der Waals surface area contributed by atoms with Gasteiger partial charge in [0, 0.05) is 17.5 Å². The van der Waals surface area contributed by atoms with Crippen LogP contribution in [0.1, 0.15) is 47.1 Å². The van der Waals surface area contributed by atoms with E-state index >= 15 is 0 Å². The standard InChI is InChI=1S/C15H18N4O3/c1-8(2)12-9(3)19(15(22)18-14(12)21)7-10-4-5-17-11(6-10)13(16)20/h4-6,8H,7H2,1-3H3,(H2,16,20)(H,18,21,22). The van der Waals surface area contributed by atoms with Crippen LogP contribution in [-0.2, 0) is 6.54 Å². The number of nitrogens with one attached hydrogen (secondary N) is 1. The molecule has 0 aliphatic heterocycles. The molecule has 2 heterocycles. The Morgan fingerprint density at radius 2 is 2.09 bits per heavy atom. The van der Waals surface area contributed by atoms with Crippen LogP contribution in [0.2, 0.25) is 0 Å². The van der Waals surface area contributed by atoms with E-state index < -0.39 is 11.6 Å². The van der Waals surface area contributed by atoms with Gasteiger partial charge in [-0.05, 0) is 30.5 Å². The average Bonchev–Trinajstić information content (AvgIpc) is 2.43. The quantitative estimate of drug-likeness (QED) is 0.857. The zero-order valence-electron chi connectivity index (χ0n) is 12.7. The van der Waals surface area contributed by atoms with Crippen LogP contribution in [0.5, 0.6) is 0 Å². The van der Waals surface area contributed by atoms with Gasteiger partial charge in [-0.1, -0.05) is 13.8 Å². The van der Waals surface area contributed by atoms with Crippen molar-refractivity contribution in [2.24, 2.45) is 5.73 Å². The first kappa shape index (κ1) is 15.7. The van der Waals surface area contributed by atoms with Crippen molar-refractivity contribution in [2.45, 2.75) is 33.2 Å². The second-order valence-electron chi connectivity index (χ2n) is 5.41. The van der Waals surface area contributed by atoms with E-state index in [-0.39, 0.29) is 23.7 Å². The first-order chi connectivity index (χ1) is 10.3. The summed E-state index contributed by atoms with van der Waals surface area (Å²) in [4.78, 5) is 41.3. The molecule has 0 saturated carbocycles. The van der Waals surface area contributed by atoms with Gasteiger partial charge in [0.2, 0.25) is 0 Å². The number of H-pyrrole nitrogens is 1. The molecule has 0 radical (unpaired) electrons. The van der Waals surface area contributed by atoms with E-state index in [0.717, 1.165) is 0 Å². The Hall–Kier alpha value is -2.70. The number of aromatic nitrogens is 3. The highest BCUT2D eigenvalue weighted by Crippen LogP contribution is 2.14. The topological polar surface area (TPSA) is 111 Å². The third-order valence-corrected chi connectivity index (χ3v) is 3.50. The monoisotopic (exact) mass is 302 g/mol. The molecule has 0 fully saturated rings. The van der Waals surface area contributed by atoms with E-state index in [9.17, 15) is 14.4 Å². The molecule has 2 aromatic rings. The highest BCUT2D eigenvalue weighted by atomic mass is 16.2. The minimum Gasteiger partial charge on any atom is -0.364 e. The second-order valence-corrected chi connectivity index (χ2v) is 5.41. The van der Waals surface area contributed by atoms with Gasteiger partial charge < -0.3 is 5.73 Å². The van der Waals surface area contributed by atoms with Crippen molar-refractivity contribution in [1.29, 1.82) is 0 Å². The SMILES string of the molecule is Cc1c(C(C)C)c(=O)[nH]c(=O)n1Cc1ccnc(C(N)=O)c1. The molecule has 0 spiro atoms. The van der Waals surface area contributed by atoms with Gasteiger partial charge in [0.15, 0.2) is 0 Å². The van der Waals surface area contributed by atoms with Crippen LogP contribution in [0.4, 0.5) is 0 Å². The van der Waals surface area contributed by atoms with E-state index in [1.165, 1.54) is 16.8 Å². The third-order valence-electron chi connectivity index (χ3n) is 3.50. The molecule has 7 nitrogen and oxygen atoms in total. The maximum Gasteiger partial charge on any atom is 0.328 e. The van der Waals surface area contributed by atoms with Crippen LogP contribution in [0.3, 0.4) is 0 Å². The molecule has 22 heavy (non-hydrogen) atoms. The molecular weight excluding hydrogens is 284 g/mol. The predicted molar refractivity (Wildman–Crippen MR) is 82.0 cm³/mol. The van der Waals surface area contributed by atoms with Gasteiger partial charge in [0.25, 0.3) is 11.5 Å². The molecule has 0 bridgehead atoms. The van der Waals surface area contributed by atoms with E-state index in [0.29, 0.717) is 16.8 Å². The van der Waals surface area contributed by atoms with Crippen LogP contribution in [-0.4, -0.2) is 20.4 Å². The number of hydrogen-bond donors (Lipinski definition) is 2. The van der Waals surface area contributed by atoms with E-state index in [2.05, 4.69) is 9.97 Å². The molecule has 2 aromatic heterocycles. The summed E-state index contributed by atoms with van der Waals surface area (Å²) in [6.45, 7) is 5.75. The van der Waals surface area contributed by atoms with Crippen molar-refractivity contribution in [3.05, 3.63) is 61.7 Å². The van der Waals surface area contributed by atoms with Crippen molar-refractivity contribution in [3.8, 4) is 0 Å². The molecule has 0 aliphatic rings. The Kier molecular flexibility index (Phi) is 4.25. The number of amides is 1. The zero-order chi connectivity index (χ0) is 16.4. The van der Waals surface area contributed by atoms with Crippen molar-refractivity contribution in [1.82, 2.24) is 14.5 Å². The molecule has 1 amide bonds. The second kappa shape index (κ2) is 5.97. The summed E-state index contributed by atoms with van der Waals surface area (Å²) in [6, 6.07) is 3.23. The summed E-state index contributed by atoms with van der Waals surface area (Å²) in [5, 5.41) is 0. The smallest absolute Gasteiger partial charge is 0.328 e. The van der Waals surface area contributed by atoms with Gasteiger partial charge >= 0.3 is 5.69 Å². The molecular formula is C15H18N4O3. The lowest BCUT2D eigenvalue weighted by Crippen LogP contribution is -2.35. The van der Waals surface area contributed by atoms with Gasteiger partial charge in [-0.3, -0.25) is 24.1 Å². The summed E-state index contributed by atoms with van der Waals surface area (Å²) in [5.41, 5.74) is 6.39. The number of nitrogens with zero attached hydrogens (tertiary/aromatic N) is 2. The van der Waals surface area contributed by atoms with Crippen LogP contribution < -0.4 is 17.0 Å². The molecule has 0 saturated heterocycles. The lowest BCUT2D eigenvalue weighted by molar-refractivity contribution is 0.0995. The molecule has 0 atom stereocenters. The lowest BCUT2D eigenvalue weighted by atomic mass is 10.0. The molecule has 7 heteroatoms. The minimum atomic E-state index is -0.629. The molecule has 116 valence electrons. The third kappa shape index (κ3) is 2.98. The van der Waals surface area contributed by atoms with Crippen molar-refractivity contribution in [2.75, 3.05) is 0 Å². The van der Waals surface area contributed by atoms with Crippen LogP contribution in [0.15, 0.2) is 27.9 Å². The maximum atomic E-state index is 12.1. The maximum absolute atomic E-state index is 12.1. The largest absolute Gasteiger partial charge is 0.364 e. The Morgan fingerprint density at radius 3 is 2.68 bits per heavy atom. The highest BCUT2D eigenvalue weighted by Gasteiger charge is 2.14. The van der Waals surface area contributed by atoms with E-state index in [1.54, 1.807) is 13.0 Å². The molecule has 0 unspecified atom stereocenters. The van der Waals surface area contributed by atoms with E-state index in [4.69, 9.17) is 5.73 Å². The number of hydrogen-bond acceptors (Lipinski definition) is 4. The van der Waals surface area contributed by atoms with Gasteiger partial charge in [0.05, 0.1) is 6.54 Å². The fourth-order valence-corrected chi connectivity index (χ4v) is 2.45. The van der Waals surface area contributed by atoms with Crippen LogP contribution >= 0.6 is 0 Å². The molecule has 0 aromatic carbocycles. The van der Waals surface area contributed by atoms with Gasteiger partial charge in [-0.2, -0.15) is 0 Å². The number of nitrogens with two attached hydrogens (primary N) is 1. The Labute approximate surface area is 126 Å². The lowest BCUT2D eigenvalue weighted by Gasteiger charge is -2.15. The number of rotatable bonds is 4. The summed E-state index contributed by atoms with van der Waals surface area (Å²) in [5.74, 6) is -0.635. The first-order valence-corrected chi connectivity index (χ1v) is 6.89. The number of carbonyl (C=O) groups excluding carboxylic acids is 1. The minimum absolute atomic E-state index is 0.00535. The van der Waals surface area contributed by atoms with Gasteiger partial charge in [0.1, 0.15) is 5.69 Å². The predicted octanol–water partition coefficient (Wildman–Crippen LogP) is 0.511. The Morgan fingerprint density at radius 1 is 1.41 bits per heavy atom.